The molecule has 40 heavy (non-hydrogen) atoms. The van der Waals surface area contributed by atoms with Crippen LogP contribution in [0.2, 0.25) is 0 Å². The second kappa shape index (κ2) is 10.0. The monoisotopic (exact) mass is 562 g/mol. The number of hydrogen-bond acceptors (Lipinski definition) is 8. The van der Waals surface area contributed by atoms with Gasteiger partial charge in [-0.15, -0.1) is 0 Å². The molecule has 0 aromatic carbocycles. The molecule has 3 heterocycles. The molecule has 3 aliphatic heterocycles. The summed E-state index contributed by atoms with van der Waals surface area (Å²) >= 11 is 0. The molecular weight excluding hydrogens is 512 g/mol. The predicted molar refractivity (Wildman–Crippen MR) is 148 cm³/mol. The van der Waals surface area contributed by atoms with Crippen molar-refractivity contribution < 1.29 is 38.0 Å². The molecule has 3 saturated heterocycles. The van der Waals surface area contributed by atoms with Gasteiger partial charge in [0.15, 0.2) is 0 Å². The van der Waals surface area contributed by atoms with Gasteiger partial charge in [0.2, 0.25) is 0 Å². The van der Waals surface area contributed by atoms with E-state index >= 15 is 0 Å². The minimum absolute atomic E-state index is 0.176. The topological polar surface area (TPSA) is 81.7 Å². The van der Waals surface area contributed by atoms with Crippen LogP contribution in [0.25, 0.3) is 0 Å². The number of carbonyl (C=O) groups is 1. The molecule has 4 bridgehead atoms. The van der Waals surface area contributed by atoms with Crippen LogP contribution in [0.5, 0.6) is 0 Å². The summed E-state index contributed by atoms with van der Waals surface area (Å²) in [5, 5.41) is 0. The maximum atomic E-state index is 13.0. The Labute approximate surface area is 239 Å². The minimum Gasteiger partial charge on any atom is -0.455 e. The van der Waals surface area contributed by atoms with Crippen LogP contribution in [0.1, 0.15) is 85.5 Å². The van der Waals surface area contributed by atoms with E-state index in [1.54, 1.807) is 6.92 Å². The van der Waals surface area contributed by atoms with Crippen LogP contribution < -0.4 is 0 Å². The van der Waals surface area contributed by atoms with Crippen molar-refractivity contribution in [3.63, 3.8) is 0 Å². The van der Waals surface area contributed by atoms with Gasteiger partial charge >= 0.3 is 5.97 Å². The van der Waals surface area contributed by atoms with Crippen molar-refractivity contribution in [1.82, 2.24) is 0 Å². The highest BCUT2D eigenvalue weighted by Crippen LogP contribution is 2.66. The third-order valence-electron chi connectivity index (χ3n) is 10.6. The van der Waals surface area contributed by atoms with Crippen molar-refractivity contribution in [2.24, 2.45) is 16.2 Å². The molecule has 8 nitrogen and oxygen atoms in total. The Kier molecular flexibility index (Phi) is 7.28. The van der Waals surface area contributed by atoms with Gasteiger partial charge in [-0.05, 0) is 26.2 Å². The lowest BCUT2D eigenvalue weighted by molar-refractivity contribution is -0.330. The molecule has 0 amide bonds. The molecule has 226 valence electrons. The van der Waals surface area contributed by atoms with Crippen LogP contribution >= 0.6 is 0 Å². The summed E-state index contributed by atoms with van der Waals surface area (Å²) in [5.74, 6) is -0.334. The average molecular weight is 563 g/mol. The van der Waals surface area contributed by atoms with Crippen LogP contribution in [0.15, 0.2) is 12.2 Å². The van der Waals surface area contributed by atoms with E-state index in [1.165, 1.54) is 0 Å². The number of carbonyl (C=O) groups excluding carboxylic acids is 1. The highest BCUT2D eigenvalue weighted by Gasteiger charge is 2.72. The Balaban J connectivity index is 1.25. The van der Waals surface area contributed by atoms with Crippen molar-refractivity contribution in [3.05, 3.63) is 12.2 Å². The fourth-order valence-electron chi connectivity index (χ4n) is 8.45. The molecule has 7 fully saturated rings. The zero-order valence-electron chi connectivity index (χ0n) is 25.2. The van der Waals surface area contributed by atoms with E-state index in [0.717, 1.165) is 78.2 Å². The summed E-state index contributed by atoms with van der Waals surface area (Å²) in [6, 6.07) is 0. The van der Waals surface area contributed by atoms with Gasteiger partial charge in [0.25, 0.3) is 0 Å². The number of esters is 1. The standard InChI is InChI=1S/C32H50O8/c1-24(2)25(33)40-32-15-29(37-9-6-26(3)18-34-19-26)12-30(16-32,38-10-7-27(4)20-35-21-27)14-31(13-29,17-32)39-11-8-28(5)22-36-23-28/h1,6-23H2,2-5H3. The first kappa shape index (κ1) is 29.1. The average Bonchev–Trinajstić information content (AvgIpc) is 2.79. The summed E-state index contributed by atoms with van der Waals surface area (Å²) < 4.78 is 43.6. The lowest BCUT2D eigenvalue weighted by Crippen LogP contribution is -2.74. The lowest BCUT2D eigenvalue weighted by atomic mass is 9.48. The summed E-state index contributed by atoms with van der Waals surface area (Å²) in [7, 11) is 0. The van der Waals surface area contributed by atoms with Crippen LogP contribution in [-0.4, -0.2) is 87.8 Å². The van der Waals surface area contributed by atoms with Gasteiger partial charge in [-0.3, -0.25) is 0 Å². The summed E-state index contributed by atoms with van der Waals surface area (Å²) in [4.78, 5) is 13.0. The molecular formula is C32H50O8. The molecule has 0 N–H and O–H groups in total. The first-order chi connectivity index (χ1) is 18.8. The predicted octanol–water partition coefficient (Wildman–Crippen LogP) is 4.77. The second-order valence-electron chi connectivity index (χ2n) is 15.7. The number of hydrogen-bond donors (Lipinski definition) is 0. The fraction of sp³-hybridized carbons (Fsp3) is 0.906. The zero-order valence-corrected chi connectivity index (χ0v) is 25.2. The van der Waals surface area contributed by atoms with E-state index < -0.39 is 22.4 Å². The van der Waals surface area contributed by atoms with Crippen molar-refractivity contribution in [3.8, 4) is 0 Å². The van der Waals surface area contributed by atoms with Crippen molar-refractivity contribution in [2.45, 2.75) is 108 Å². The quantitative estimate of drug-likeness (QED) is 0.221. The van der Waals surface area contributed by atoms with Crippen LogP contribution in [0, 0.1) is 16.2 Å². The third kappa shape index (κ3) is 5.66. The number of ether oxygens (including phenoxy) is 7. The van der Waals surface area contributed by atoms with Gasteiger partial charge < -0.3 is 33.2 Å². The van der Waals surface area contributed by atoms with E-state index in [-0.39, 0.29) is 22.2 Å². The Morgan fingerprint density at radius 2 is 0.900 bits per heavy atom. The number of rotatable bonds is 14. The Morgan fingerprint density at radius 1 is 0.600 bits per heavy atom. The van der Waals surface area contributed by atoms with Gasteiger partial charge in [-0.1, -0.05) is 27.4 Å². The van der Waals surface area contributed by atoms with Crippen molar-refractivity contribution in [1.29, 1.82) is 0 Å². The van der Waals surface area contributed by atoms with Crippen LogP contribution in [0.4, 0.5) is 0 Å². The molecule has 7 rings (SSSR count). The zero-order chi connectivity index (χ0) is 28.3. The molecule has 8 heteroatoms. The Hall–Kier alpha value is -1.03. The molecule has 7 aliphatic rings. The summed E-state index contributed by atoms with van der Waals surface area (Å²) in [5.41, 5.74) is -1.13. The van der Waals surface area contributed by atoms with Gasteiger partial charge in [-0.25, -0.2) is 4.79 Å². The van der Waals surface area contributed by atoms with Crippen molar-refractivity contribution in [2.75, 3.05) is 59.5 Å². The maximum absolute atomic E-state index is 13.0. The van der Waals surface area contributed by atoms with Crippen molar-refractivity contribution >= 4 is 5.97 Å². The van der Waals surface area contributed by atoms with Gasteiger partial charge in [0.05, 0.1) is 56.4 Å². The van der Waals surface area contributed by atoms with Gasteiger partial charge in [-0.2, -0.15) is 0 Å². The van der Waals surface area contributed by atoms with Crippen LogP contribution in [0.3, 0.4) is 0 Å². The molecule has 0 atom stereocenters. The Morgan fingerprint density at radius 3 is 1.15 bits per heavy atom. The fourth-order valence-corrected chi connectivity index (χ4v) is 8.45. The second-order valence-corrected chi connectivity index (χ2v) is 15.7. The molecule has 0 aromatic heterocycles. The highest BCUT2D eigenvalue weighted by atomic mass is 16.6. The molecule has 0 aromatic rings. The van der Waals surface area contributed by atoms with E-state index in [4.69, 9.17) is 33.2 Å². The molecule has 0 radical (unpaired) electrons. The molecule has 4 saturated carbocycles. The van der Waals surface area contributed by atoms with E-state index in [2.05, 4.69) is 27.4 Å². The van der Waals surface area contributed by atoms with Gasteiger partial charge in [0, 0.05) is 80.2 Å². The minimum atomic E-state index is -0.693. The third-order valence-corrected chi connectivity index (χ3v) is 10.6. The van der Waals surface area contributed by atoms with E-state index in [1.807, 2.05) is 0 Å². The molecule has 4 aliphatic carbocycles. The SMILES string of the molecule is C=C(C)C(=O)OC12CC3(OCCC4(C)COC4)CC(OCCC4(C)COC4)(CC(OCCC4(C)COC4)(C3)C1)C2. The smallest absolute Gasteiger partial charge is 0.333 e. The Bertz CT molecular complexity index is 882. The van der Waals surface area contributed by atoms with E-state index in [0.29, 0.717) is 44.7 Å². The summed E-state index contributed by atoms with van der Waals surface area (Å²) in [6.07, 6.45) is 7.32. The highest BCUT2D eigenvalue weighted by molar-refractivity contribution is 5.87. The molecule has 0 spiro atoms. The first-order valence-corrected chi connectivity index (χ1v) is 15.4. The largest absolute Gasteiger partial charge is 0.455 e. The molecule has 0 unspecified atom stereocenters. The normalized spacial score (nSPS) is 39.6. The van der Waals surface area contributed by atoms with E-state index in [9.17, 15) is 4.79 Å². The van der Waals surface area contributed by atoms with Crippen LogP contribution in [-0.2, 0) is 38.0 Å². The van der Waals surface area contributed by atoms with Gasteiger partial charge in [0.1, 0.15) is 5.60 Å². The maximum Gasteiger partial charge on any atom is 0.333 e. The summed E-state index contributed by atoms with van der Waals surface area (Å²) in [6.45, 7) is 19.1. The lowest BCUT2D eigenvalue weighted by Gasteiger charge is -2.68. The first-order valence-electron chi connectivity index (χ1n) is 15.4.